The van der Waals surface area contributed by atoms with Crippen molar-refractivity contribution < 1.29 is 9.47 Å². The van der Waals surface area contributed by atoms with Crippen LogP contribution in [0.2, 0.25) is 0 Å². The maximum Gasteiger partial charge on any atom is 0.268 e. The highest BCUT2D eigenvalue weighted by Gasteiger charge is 2.24. The van der Waals surface area contributed by atoms with E-state index in [9.17, 15) is 4.79 Å². The first-order chi connectivity index (χ1) is 14.7. The lowest BCUT2D eigenvalue weighted by atomic mass is 10.1. The summed E-state index contributed by atoms with van der Waals surface area (Å²) in [7, 11) is 3.37. The number of benzene rings is 1. The van der Waals surface area contributed by atoms with Crippen LogP contribution in [0, 0.1) is 0 Å². The van der Waals surface area contributed by atoms with Crippen LogP contribution >= 0.6 is 11.3 Å². The second-order valence-corrected chi connectivity index (χ2v) is 8.69. The van der Waals surface area contributed by atoms with Crippen molar-refractivity contribution in [1.82, 2.24) is 9.55 Å². The number of aryl methyl sites for hydroxylation is 2. The number of fused-ring (bicyclic) bond motifs is 3. The summed E-state index contributed by atoms with van der Waals surface area (Å²) in [5.74, 6) is 0.657. The van der Waals surface area contributed by atoms with Gasteiger partial charge in [-0.3, -0.25) is 4.79 Å². The summed E-state index contributed by atoms with van der Waals surface area (Å²) < 4.78 is 12.4. The van der Waals surface area contributed by atoms with Crippen LogP contribution in [0.4, 0.5) is 5.95 Å². The predicted octanol–water partition coefficient (Wildman–Crippen LogP) is 3.82. The SMILES string of the molecule is COCCN(CCOC)c1nc2sc3c(c2c(=O)n1-c1ccccc1)CCCCC3. The fourth-order valence-corrected chi connectivity index (χ4v) is 5.35. The summed E-state index contributed by atoms with van der Waals surface area (Å²) in [6, 6.07) is 9.81. The number of ether oxygens (including phenoxy) is 2. The van der Waals surface area contributed by atoms with Gasteiger partial charge in [-0.05, 0) is 43.4 Å². The van der Waals surface area contributed by atoms with Gasteiger partial charge >= 0.3 is 0 Å². The van der Waals surface area contributed by atoms with Gasteiger partial charge in [-0.2, -0.15) is 0 Å². The number of thiophene rings is 1. The zero-order chi connectivity index (χ0) is 20.9. The Labute approximate surface area is 181 Å². The molecule has 160 valence electrons. The first-order valence-electron chi connectivity index (χ1n) is 10.6. The van der Waals surface area contributed by atoms with Crippen molar-refractivity contribution in [2.75, 3.05) is 45.4 Å². The van der Waals surface area contributed by atoms with Crippen molar-refractivity contribution in [3.05, 3.63) is 51.1 Å². The Kier molecular flexibility index (Phi) is 6.82. The van der Waals surface area contributed by atoms with Crippen LogP contribution in [0.3, 0.4) is 0 Å². The van der Waals surface area contributed by atoms with E-state index in [1.54, 1.807) is 30.1 Å². The standard InChI is InChI=1S/C23H29N3O3S/c1-28-15-13-25(14-16-29-2)23-24-21-20(18-11-7-4-8-12-19(18)30-21)22(27)26(23)17-9-5-3-6-10-17/h3,5-6,9-10H,4,7-8,11-16H2,1-2H3. The van der Waals surface area contributed by atoms with Crippen LogP contribution in [0.15, 0.2) is 35.1 Å². The number of methoxy groups -OCH3 is 2. The second-order valence-electron chi connectivity index (χ2n) is 7.61. The van der Waals surface area contributed by atoms with Gasteiger partial charge in [0.1, 0.15) is 4.83 Å². The van der Waals surface area contributed by atoms with Crippen LogP contribution < -0.4 is 10.5 Å². The molecule has 0 N–H and O–H groups in total. The third kappa shape index (κ3) is 4.15. The summed E-state index contributed by atoms with van der Waals surface area (Å²) in [5.41, 5.74) is 2.09. The van der Waals surface area contributed by atoms with Gasteiger partial charge in [0.2, 0.25) is 5.95 Å². The fourth-order valence-electron chi connectivity index (χ4n) is 4.11. The Bertz CT molecular complexity index is 1040. The largest absolute Gasteiger partial charge is 0.383 e. The van der Waals surface area contributed by atoms with E-state index in [4.69, 9.17) is 14.5 Å². The summed E-state index contributed by atoms with van der Waals surface area (Å²) in [4.78, 5) is 23.2. The van der Waals surface area contributed by atoms with Crippen LogP contribution in [0.5, 0.6) is 0 Å². The van der Waals surface area contributed by atoms with Gasteiger partial charge in [-0.15, -0.1) is 11.3 Å². The second kappa shape index (κ2) is 9.73. The van der Waals surface area contributed by atoms with Crippen molar-refractivity contribution in [2.24, 2.45) is 0 Å². The summed E-state index contributed by atoms with van der Waals surface area (Å²) >= 11 is 1.70. The van der Waals surface area contributed by atoms with Crippen molar-refractivity contribution in [2.45, 2.75) is 32.1 Å². The molecule has 0 bridgehead atoms. The first-order valence-corrected chi connectivity index (χ1v) is 11.4. The van der Waals surface area contributed by atoms with Crippen LogP contribution in [0.25, 0.3) is 15.9 Å². The fraction of sp³-hybridized carbons (Fsp3) is 0.478. The molecular weight excluding hydrogens is 398 g/mol. The average molecular weight is 428 g/mol. The lowest BCUT2D eigenvalue weighted by Crippen LogP contribution is -2.36. The summed E-state index contributed by atoms with van der Waals surface area (Å²) in [6.07, 6.45) is 5.57. The van der Waals surface area contributed by atoms with E-state index in [0.717, 1.165) is 35.2 Å². The molecule has 2 heterocycles. The quantitative estimate of drug-likeness (QED) is 0.512. The van der Waals surface area contributed by atoms with Crippen molar-refractivity contribution in [3.8, 4) is 5.69 Å². The van der Waals surface area contributed by atoms with E-state index < -0.39 is 0 Å². The minimum Gasteiger partial charge on any atom is -0.383 e. The number of anilines is 1. The molecular formula is C23H29N3O3S. The van der Waals surface area contributed by atoms with Crippen molar-refractivity contribution in [1.29, 1.82) is 0 Å². The van der Waals surface area contributed by atoms with E-state index in [1.807, 2.05) is 30.3 Å². The number of aromatic nitrogens is 2. The molecule has 30 heavy (non-hydrogen) atoms. The van der Waals surface area contributed by atoms with E-state index in [2.05, 4.69) is 4.90 Å². The van der Waals surface area contributed by atoms with Crippen molar-refractivity contribution in [3.63, 3.8) is 0 Å². The molecule has 7 heteroatoms. The number of nitrogens with zero attached hydrogens (tertiary/aromatic N) is 3. The molecule has 0 amide bonds. The Morgan fingerprint density at radius 3 is 2.43 bits per heavy atom. The topological polar surface area (TPSA) is 56.6 Å². The Morgan fingerprint density at radius 2 is 1.73 bits per heavy atom. The Balaban J connectivity index is 1.94. The Hall–Kier alpha value is -2.22. The third-order valence-electron chi connectivity index (χ3n) is 5.65. The van der Waals surface area contributed by atoms with Crippen LogP contribution in [-0.4, -0.2) is 50.1 Å². The molecule has 0 saturated heterocycles. The van der Waals surface area contributed by atoms with Gasteiger partial charge in [-0.25, -0.2) is 9.55 Å². The zero-order valence-corrected chi connectivity index (χ0v) is 18.5. The highest BCUT2D eigenvalue weighted by atomic mass is 32.1. The monoisotopic (exact) mass is 427 g/mol. The van der Waals surface area contributed by atoms with Crippen molar-refractivity contribution >= 4 is 27.5 Å². The lowest BCUT2D eigenvalue weighted by molar-refractivity contribution is 0.189. The molecule has 3 aromatic rings. The van der Waals surface area contributed by atoms with Gasteiger partial charge in [-0.1, -0.05) is 24.6 Å². The normalized spacial score (nSPS) is 13.9. The summed E-state index contributed by atoms with van der Waals surface area (Å²) in [5, 5.41) is 0.808. The van der Waals surface area contributed by atoms with Gasteiger partial charge in [0.15, 0.2) is 0 Å². The van der Waals surface area contributed by atoms with Gasteiger partial charge in [0, 0.05) is 32.2 Å². The molecule has 0 atom stereocenters. The predicted molar refractivity (Wildman–Crippen MR) is 122 cm³/mol. The third-order valence-corrected chi connectivity index (χ3v) is 6.83. The highest BCUT2D eigenvalue weighted by molar-refractivity contribution is 7.18. The minimum absolute atomic E-state index is 0.0282. The molecule has 2 aromatic heterocycles. The first kappa shape index (κ1) is 21.0. The number of rotatable bonds is 8. The molecule has 1 aliphatic carbocycles. The molecule has 0 fully saturated rings. The van der Waals surface area contributed by atoms with Crippen LogP contribution in [-0.2, 0) is 22.3 Å². The molecule has 1 aliphatic rings. The van der Waals surface area contributed by atoms with Crippen LogP contribution in [0.1, 0.15) is 29.7 Å². The summed E-state index contributed by atoms with van der Waals surface area (Å²) in [6.45, 7) is 2.37. The number of para-hydroxylation sites is 1. The molecule has 0 spiro atoms. The smallest absolute Gasteiger partial charge is 0.268 e. The molecule has 0 unspecified atom stereocenters. The minimum atomic E-state index is 0.0282. The molecule has 0 saturated carbocycles. The molecule has 0 radical (unpaired) electrons. The van der Waals surface area contributed by atoms with E-state index in [-0.39, 0.29) is 5.56 Å². The number of hydrogen-bond donors (Lipinski definition) is 0. The van der Waals surface area contributed by atoms with Gasteiger partial charge in [0.05, 0.1) is 24.3 Å². The maximum absolute atomic E-state index is 13.9. The Morgan fingerprint density at radius 1 is 1.03 bits per heavy atom. The highest BCUT2D eigenvalue weighted by Crippen LogP contribution is 2.34. The number of hydrogen-bond acceptors (Lipinski definition) is 6. The molecule has 1 aromatic carbocycles. The lowest BCUT2D eigenvalue weighted by Gasteiger charge is -2.26. The van der Waals surface area contributed by atoms with Gasteiger partial charge in [0.25, 0.3) is 5.56 Å². The molecule has 6 nitrogen and oxygen atoms in total. The molecule has 4 rings (SSSR count). The average Bonchev–Trinajstić information content (AvgIpc) is 2.96. The molecule has 0 aliphatic heterocycles. The van der Waals surface area contributed by atoms with E-state index >= 15 is 0 Å². The maximum atomic E-state index is 13.9. The zero-order valence-electron chi connectivity index (χ0n) is 17.7. The van der Waals surface area contributed by atoms with E-state index in [1.165, 1.54) is 23.3 Å². The van der Waals surface area contributed by atoms with Gasteiger partial charge < -0.3 is 14.4 Å². The van der Waals surface area contributed by atoms with E-state index in [0.29, 0.717) is 32.3 Å².